The molecule has 0 radical (unpaired) electrons. The van der Waals surface area contributed by atoms with E-state index in [2.05, 4.69) is 0 Å². The maximum absolute atomic E-state index is 12.3. The van der Waals surface area contributed by atoms with Crippen LogP contribution in [0.5, 0.6) is 0 Å². The highest BCUT2D eigenvalue weighted by Crippen LogP contribution is 2.35. The fourth-order valence-corrected chi connectivity index (χ4v) is 2.99. The zero-order valence-corrected chi connectivity index (χ0v) is 11.3. The molecular weight excluding hydrogens is 280 g/mol. The maximum atomic E-state index is 12.3. The van der Waals surface area contributed by atoms with Gasteiger partial charge in [0.2, 0.25) is 11.5 Å². The Kier molecular flexibility index (Phi) is 2.39. The molecule has 2 N–H and O–H groups in total. The molecule has 4 rings (SSSR count). The van der Waals surface area contributed by atoms with E-state index in [0.717, 1.165) is 16.2 Å². The number of carbonyl (C=O) groups is 2. The summed E-state index contributed by atoms with van der Waals surface area (Å²) in [7, 11) is 0. The molecule has 3 aromatic rings. The van der Waals surface area contributed by atoms with Crippen molar-refractivity contribution in [3.05, 3.63) is 65.4 Å². The van der Waals surface area contributed by atoms with E-state index in [4.69, 9.17) is 0 Å². The predicted molar refractivity (Wildman–Crippen MR) is 83.0 cm³/mol. The first-order valence-corrected chi connectivity index (χ1v) is 6.75. The molecule has 0 aromatic heterocycles. The van der Waals surface area contributed by atoms with Crippen LogP contribution in [0.1, 0.15) is 15.9 Å². The number of benzene rings is 3. The van der Waals surface area contributed by atoms with Crippen molar-refractivity contribution in [1.82, 2.24) is 0 Å². The second-order valence-electron chi connectivity index (χ2n) is 5.23. The summed E-state index contributed by atoms with van der Waals surface area (Å²) in [5.74, 6) is -3.32. The normalized spacial score (nSPS) is 14.7. The molecule has 1 aliphatic rings. The standard InChI is InChI=1S/C18H10O4/c19-15-13-8-7-11-10-4-2-1-3-9(10)5-6-12(11)14(13)16(20)18(22)17(15)21/h1-8,19,21H. The number of carbonyl (C=O) groups excluding carboxylic acids is 2. The Bertz CT molecular complexity index is 1030. The van der Waals surface area contributed by atoms with Crippen LogP contribution in [-0.2, 0) is 4.79 Å². The Morgan fingerprint density at radius 2 is 1.36 bits per heavy atom. The van der Waals surface area contributed by atoms with Crippen molar-refractivity contribution in [1.29, 1.82) is 0 Å². The van der Waals surface area contributed by atoms with E-state index in [-0.39, 0.29) is 11.1 Å². The number of Topliss-reactive ketones (excluding diaryl/α,β-unsaturated/α-hetero) is 2. The van der Waals surface area contributed by atoms with Gasteiger partial charge in [-0.15, -0.1) is 0 Å². The van der Waals surface area contributed by atoms with Crippen molar-refractivity contribution in [2.75, 3.05) is 0 Å². The molecule has 0 fully saturated rings. The van der Waals surface area contributed by atoms with E-state index in [0.29, 0.717) is 5.39 Å². The fraction of sp³-hybridized carbons (Fsp3) is 0. The quantitative estimate of drug-likeness (QED) is 0.490. The van der Waals surface area contributed by atoms with Crippen molar-refractivity contribution in [3.63, 3.8) is 0 Å². The Labute approximate surface area is 124 Å². The minimum Gasteiger partial charge on any atom is -0.504 e. The summed E-state index contributed by atoms with van der Waals surface area (Å²) in [4.78, 5) is 24.1. The molecule has 106 valence electrons. The van der Waals surface area contributed by atoms with E-state index < -0.39 is 23.1 Å². The van der Waals surface area contributed by atoms with Crippen LogP contribution in [0.2, 0.25) is 0 Å². The van der Waals surface area contributed by atoms with Crippen LogP contribution in [-0.4, -0.2) is 21.8 Å². The average Bonchev–Trinajstić information content (AvgIpc) is 2.56. The molecule has 22 heavy (non-hydrogen) atoms. The summed E-state index contributed by atoms with van der Waals surface area (Å²) in [5, 5.41) is 22.9. The molecular formula is C18H10O4. The van der Waals surface area contributed by atoms with Gasteiger partial charge in [0.15, 0.2) is 5.76 Å². The second kappa shape index (κ2) is 4.18. The highest BCUT2D eigenvalue weighted by Gasteiger charge is 2.34. The van der Waals surface area contributed by atoms with Gasteiger partial charge in [0.25, 0.3) is 5.78 Å². The molecule has 0 amide bonds. The number of aliphatic hydroxyl groups excluding tert-OH is 2. The van der Waals surface area contributed by atoms with Crippen LogP contribution < -0.4 is 0 Å². The van der Waals surface area contributed by atoms with Gasteiger partial charge in [-0.05, 0) is 27.6 Å². The summed E-state index contributed by atoms with van der Waals surface area (Å²) in [6.45, 7) is 0. The van der Waals surface area contributed by atoms with Crippen LogP contribution in [0.3, 0.4) is 0 Å². The van der Waals surface area contributed by atoms with Crippen molar-refractivity contribution >= 4 is 38.9 Å². The fourth-order valence-electron chi connectivity index (χ4n) is 2.99. The topological polar surface area (TPSA) is 74.6 Å². The number of hydrogen-bond acceptors (Lipinski definition) is 4. The number of fused-ring (bicyclic) bond motifs is 5. The van der Waals surface area contributed by atoms with E-state index in [1.165, 1.54) is 0 Å². The summed E-state index contributed by atoms with van der Waals surface area (Å²) in [6, 6.07) is 14.7. The van der Waals surface area contributed by atoms with Crippen molar-refractivity contribution in [3.8, 4) is 0 Å². The molecule has 3 aromatic carbocycles. The monoisotopic (exact) mass is 290 g/mol. The summed E-state index contributed by atoms with van der Waals surface area (Å²) < 4.78 is 0. The van der Waals surface area contributed by atoms with Gasteiger partial charge in [0, 0.05) is 11.1 Å². The highest BCUT2D eigenvalue weighted by molar-refractivity contribution is 6.53. The van der Waals surface area contributed by atoms with Crippen LogP contribution in [0.25, 0.3) is 27.3 Å². The lowest BCUT2D eigenvalue weighted by Gasteiger charge is -2.17. The average molecular weight is 290 g/mol. The van der Waals surface area contributed by atoms with Gasteiger partial charge >= 0.3 is 0 Å². The van der Waals surface area contributed by atoms with Gasteiger partial charge in [-0.2, -0.15) is 0 Å². The van der Waals surface area contributed by atoms with Crippen molar-refractivity contribution < 1.29 is 19.8 Å². The van der Waals surface area contributed by atoms with Crippen molar-refractivity contribution in [2.45, 2.75) is 0 Å². The molecule has 0 saturated carbocycles. The molecule has 0 spiro atoms. The van der Waals surface area contributed by atoms with Gasteiger partial charge < -0.3 is 10.2 Å². The highest BCUT2D eigenvalue weighted by atomic mass is 16.3. The Hall–Kier alpha value is -3.14. The Morgan fingerprint density at radius 1 is 0.636 bits per heavy atom. The van der Waals surface area contributed by atoms with Crippen LogP contribution in [0.4, 0.5) is 0 Å². The predicted octanol–water partition coefficient (Wildman–Crippen LogP) is 3.54. The molecule has 0 atom stereocenters. The number of rotatable bonds is 0. The summed E-state index contributed by atoms with van der Waals surface area (Å²) in [5.41, 5.74) is 0.327. The third-order valence-electron chi connectivity index (χ3n) is 4.05. The number of allylic oxidation sites excluding steroid dienone is 1. The molecule has 0 unspecified atom stereocenters. The lowest BCUT2D eigenvalue weighted by Crippen LogP contribution is -2.24. The maximum Gasteiger partial charge on any atom is 0.271 e. The molecule has 4 nitrogen and oxygen atoms in total. The zero-order valence-electron chi connectivity index (χ0n) is 11.3. The minimum absolute atomic E-state index is 0.142. The first kappa shape index (κ1) is 12.6. The van der Waals surface area contributed by atoms with Gasteiger partial charge in [0.05, 0.1) is 0 Å². The second-order valence-corrected chi connectivity index (χ2v) is 5.23. The first-order valence-electron chi connectivity index (χ1n) is 6.75. The largest absolute Gasteiger partial charge is 0.504 e. The molecule has 0 heterocycles. The number of ketones is 2. The summed E-state index contributed by atoms with van der Waals surface area (Å²) >= 11 is 0. The lowest BCUT2D eigenvalue weighted by molar-refractivity contribution is -0.114. The van der Waals surface area contributed by atoms with Gasteiger partial charge in [-0.1, -0.05) is 42.5 Å². The Morgan fingerprint density at radius 3 is 2.18 bits per heavy atom. The lowest BCUT2D eigenvalue weighted by atomic mass is 9.87. The Balaban J connectivity index is 2.21. The van der Waals surface area contributed by atoms with E-state index in [1.807, 2.05) is 30.3 Å². The molecule has 0 bridgehead atoms. The summed E-state index contributed by atoms with van der Waals surface area (Å²) in [6.07, 6.45) is 0. The SMILES string of the molecule is O=C1C(=O)c2c(ccc3c2ccc2ccccc23)C(O)=C1O. The molecule has 4 heteroatoms. The van der Waals surface area contributed by atoms with Crippen LogP contribution in [0.15, 0.2) is 54.3 Å². The zero-order chi connectivity index (χ0) is 15.4. The van der Waals surface area contributed by atoms with Crippen LogP contribution >= 0.6 is 0 Å². The smallest absolute Gasteiger partial charge is 0.271 e. The van der Waals surface area contributed by atoms with Gasteiger partial charge in [-0.25, -0.2) is 0 Å². The number of hydrogen-bond donors (Lipinski definition) is 2. The van der Waals surface area contributed by atoms with Gasteiger partial charge in [0.1, 0.15) is 0 Å². The van der Waals surface area contributed by atoms with E-state index in [1.54, 1.807) is 18.2 Å². The third-order valence-corrected chi connectivity index (χ3v) is 4.05. The van der Waals surface area contributed by atoms with Crippen LogP contribution in [0, 0.1) is 0 Å². The molecule has 1 aliphatic carbocycles. The third kappa shape index (κ3) is 1.46. The van der Waals surface area contributed by atoms with E-state index in [9.17, 15) is 19.8 Å². The molecule has 0 aliphatic heterocycles. The molecule has 0 saturated heterocycles. The minimum atomic E-state index is -1.08. The van der Waals surface area contributed by atoms with Gasteiger partial charge in [-0.3, -0.25) is 9.59 Å². The first-order chi connectivity index (χ1) is 10.6. The van der Waals surface area contributed by atoms with Crippen molar-refractivity contribution in [2.24, 2.45) is 0 Å². The number of aliphatic hydroxyl groups is 2. The van der Waals surface area contributed by atoms with E-state index >= 15 is 0 Å².